The molecule has 5 heteroatoms. The minimum Gasteiger partial charge on any atom is -0.496 e. The average Bonchev–Trinajstić information content (AvgIpc) is 3.01. The van der Waals surface area contributed by atoms with Crippen molar-refractivity contribution in [3.8, 4) is 5.75 Å². The fourth-order valence-corrected chi connectivity index (χ4v) is 3.44. The number of nitrogens with zero attached hydrogens (tertiary/aromatic N) is 3. The molecule has 0 N–H and O–H groups in total. The Bertz CT molecular complexity index is 641. The molecule has 1 aliphatic rings. The Balaban J connectivity index is 1.66. The van der Waals surface area contributed by atoms with Gasteiger partial charge in [-0.2, -0.15) is 0 Å². The van der Waals surface area contributed by atoms with E-state index in [1.807, 2.05) is 19.1 Å². The normalized spacial score (nSPS) is 20.4. The summed E-state index contributed by atoms with van der Waals surface area (Å²) in [5.74, 6) is 2.98. The van der Waals surface area contributed by atoms with Gasteiger partial charge in [-0.25, -0.2) is 0 Å². The van der Waals surface area contributed by atoms with Gasteiger partial charge in [-0.15, -0.1) is 10.2 Å². The van der Waals surface area contributed by atoms with E-state index >= 15 is 0 Å². The molecule has 1 saturated heterocycles. The highest BCUT2D eigenvalue weighted by atomic mass is 16.5. The first-order valence-corrected chi connectivity index (χ1v) is 8.33. The maximum absolute atomic E-state index is 5.60. The molecule has 0 aliphatic carbocycles. The largest absolute Gasteiger partial charge is 0.496 e. The van der Waals surface area contributed by atoms with Crippen LogP contribution in [0.25, 0.3) is 0 Å². The Morgan fingerprint density at radius 3 is 2.91 bits per heavy atom. The molecule has 0 amide bonds. The molecule has 124 valence electrons. The Morgan fingerprint density at radius 1 is 1.35 bits per heavy atom. The third-order valence-corrected chi connectivity index (χ3v) is 4.70. The molecule has 0 spiro atoms. The molecule has 2 unspecified atom stereocenters. The van der Waals surface area contributed by atoms with E-state index in [-0.39, 0.29) is 6.04 Å². The molecule has 0 saturated carbocycles. The van der Waals surface area contributed by atoms with Crippen LogP contribution in [0.1, 0.15) is 43.2 Å². The van der Waals surface area contributed by atoms with Gasteiger partial charge in [0.05, 0.1) is 13.2 Å². The Kier molecular flexibility index (Phi) is 4.96. The molecule has 3 rings (SSSR count). The van der Waals surface area contributed by atoms with Gasteiger partial charge in [0.1, 0.15) is 5.75 Å². The highest BCUT2D eigenvalue weighted by molar-refractivity contribution is 5.33. The SMILES string of the molecule is COc1ccccc1CC1CCCN(C(C)c2nnc(C)o2)C1. The van der Waals surface area contributed by atoms with Crippen LogP contribution in [0.4, 0.5) is 0 Å². The number of aryl methyl sites for hydroxylation is 1. The van der Waals surface area contributed by atoms with E-state index in [1.165, 1.54) is 18.4 Å². The van der Waals surface area contributed by atoms with Crippen LogP contribution in [0.15, 0.2) is 28.7 Å². The lowest BCUT2D eigenvalue weighted by Gasteiger charge is -2.35. The summed E-state index contributed by atoms with van der Waals surface area (Å²) < 4.78 is 11.1. The number of hydrogen-bond donors (Lipinski definition) is 0. The number of piperidine rings is 1. The van der Waals surface area contributed by atoms with Crippen LogP contribution in [-0.2, 0) is 6.42 Å². The third-order valence-electron chi connectivity index (χ3n) is 4.70. The Morgan fingerprint density at radius 2 is 2.17 bits per heavy atom. The molecular formula is C18H25N3O2. The van der Waals surface area contributed by atoms with Gasteiger partial charge in [-0.1, -0.05) is 18.2 Å². The summed E-state index contributed by atoms with van der Waals surface area (Å²) in [5.41, 5.74) is 1.29. The molecule has 2 heterocycles. The molecule has 23 heavy (non-hydrogen) atoms. The van der Waals surface area contributed by atoms with E-state index in [2.05, 4.69) is 34.2 Å². The molecule has 2 aromatic rings. The summed E-state index contributed by atoms with van der Waals surface area (Å²) in [6.45, 7) is 6.13. The van der Waals surface area contributed by atoms with Crippen LogP contribution in [0.3, 0.4) is 0 Å². The molecule has 1 fully saturated rings. The highest BCUT2D eigenvalue weighted by Crippen LogP contribution is 2.29. The zero-order chi connectivity index (χ0) is 16.2. The lowest BCUT2D eigenvalue weighted by molar-refractivity contribution is 0.115. The average molecular weight is 315 g/mol. The first-order valence-electron chi connectivity index (χ1n) is 8.33. The molecule has 0 bridgehead atoms. The van der Waals surface area contributed by atoms with Crippen molar-refractivity contribution in [2.75, 3.05) is 20.2 Å². The van der Waals surface area contributed by atoms with Crippen LogP contribution >= 0.6 is 0 Å². The highest BCUT2D eigenvalue weighted by Gasteiger charge is 2.27. The maximum atomic E-state index is 5.60. The van der Waals surface area contributed by atoms with Crippen molar-refractivity contribution in [2.45, 2.75) is 39.2 Å². The monoisotopic (exact) mass is 315 g/mol. The molecular weight excluding hydrogens is 290 g/mol. The van der Waals surface area contributed by atoms with Crippen molar-refractivity contribution < 1.29 is 9.15 Å². The molecule has 5 nitrogen and oxygen atoms in total. The summed E-state index contributed by atoms with van der Waals surface area (Å²) in [4.78, 5) is 2.45. The van der Waals surface area contributed by atoms with Crippen LogP contribution < -0.4 is 4.74 Å². The van der Waals surface area contributed by atoms with Crippen molar-refractivity contribution in [1.82, 2.24) is 15.1 Å². The van der Waals surface area contributed by atoms with Gasteiger partial charge >= 0.3 is 0 Å². The van der Waals surface area contributed by atoms with Crippen LogP contribution in [-0.4, -0.2) is 35.3 Å². The molecule has 0 radical (unpaired) electrons. The van der Waals surface area contributed by atoms with E-state index in [9.17, 15) is 0 Å². The summed E-state index contributed by atoms with van der Waals surface area (Å²) >= 11 is 0. The smallest absolute Gasteiger partial charge is 0.233 e. The van der Waals surface area contributed by atoms with Crippen molar-refractivity contribution in [3.63, 3.8) is 0 Å². The second-order valence-corrected chi connectivity index (χ2v) is 6.35. The minimum atomic E-state index is 0.177. The predicted octanol–water partition coefficient (Wildman–Crippen LogP) is 3.40. The Labute approximate surface area is 137 Å². The van der Waals surface area contributed by atoms with Gasteiger partial charge in [-0.05, 0) is 50.3 Å². The predicted molar refractivity (Wildman–Crippen MR) is 88.4 cm³/mol. The summed E-state index contributed by atoms with van der Waals surface area (Å²) in [6.07, 6.45) is 3.51. The van der Waals surface area contributed by atoms with Crippen molar-refractivity contribution >= 4 is 0 Å². The Hall–Kier alpha value is -1.88. The molecule has 1 aliphatic heterocycles. The standard InChI is InChI=1S/C18H25N3O2/c1-13(18-20-19-14(2)23-18)21-10-6-7-15(12-21)11-16-8-4-5-9-17(16)22-3/h4-5,8-9,13,15H,6-7,10-12H2,1-3H3. The second-order valence-electron chi connectivity index (χ2n) is 6.35. The summed E-state index contributed by atoms with van der Waals surface area (Å²) in [6, 6.07) is 8.50. The third kappa shape index (κ3) is 3.72. The lowest BCUT2D eigenvalue weighted by atomic mass is 9.90. The van der Waals surface area contributed by atoms with E-state index in [4.69, 9.17) is 9.15 Å². The van der Waals surface area contributed by atoms with Gasteiger partial charge in [0.2, 0.25) is 11.8 Å². The fraction of sp³-hybridized carbons (Fsp3) is 0.556. The fourth-order valence-electron chi connectivity index (χ4n) is 3.44. The second kappa shape index (κ2) is 7.13. The van der Waals surface area contributed by atoms with Crippen LogP contribution in [0, 0.1) is 12.8 Å². The number of aromatic nitrogens is 2. The molecule has 1 aromatic carbocycles. The van der Waals surface area contributed by atoms with Gasteiger partial charge in [0.25, 0.3) is 0 Å². The zero-order valence-electron chi connectivity index (χ0n) is 14.2. The van der Waals surface area contributed by atoms with E-state index in [0.717, 1.165) is 31.2 Å². The zero-order valence-corrected chi connectivity index (χ0v) is 14.2. The number of likely N-dealkylation sites (tertiary alicyclic amines) is 1. The summed E-state index contributed by atoms with van der Waals surface area (Å²) in [7, 11) is 1.74. The van der Waals surface area contributed by atoms with Crippen LogP contribution in [0.2, 0.25) is 0 Å². The van der Waals surface area contributed by atoms with Crippen molar-refractivity contribution in [1.29, 1.82) is 0 Å². The first-order chi connectivity index (χ1) is 11.2. The minimum absolute atomic E-state index is 0.177. The number of ether oxygens (including phenoxy) is 1. The van der Waals surface area contributed by atoms with E-state index in [0.29, 0.717) is 11.8 Å². The number of para-hydroxylation sites is 1. The topological polar surface area (TPSA) is 51.4 Å². The number of rotatable bonds is 5. The van der Waals surface area contributed by atoms with Crippen LogP contribution in [0.5, 0.6) is 5.75 Å². The van der Waals surface area contributed by atoms with Gasteiger partial charge in [-0.3, -0.25) is 4.90 Å². The number of methoxy groups -OCH3 is 1. The number of benzene rings is 1. The van der Waals surface area contributed by atoms with Gasteiger partial charge in [0.15, 0.2) is 0 Å². The van der Waals surface area contributed by atoms with Gasteiger partial charge in [0, 0.05) is 13.5 Å². The molecule has 2 atom stereocenters. The lowest BCUT2D eigenvalue weighted by Crippen LogP contribution is -2.38. The summed E-state index contributed by atoms with van der Waals surface area (Å²) in [5, 5.41) is 8.13. The van der Waals surface area contributed by atoms with Crippen molar-refractivity contribution in [3.05, 3.63) is 41.6 Å². The van der Waals surface area contributed by atoms with Crippen molar-refractivity contribution in [2.24, 2.45) is 5.92 Å². The number of hydrogen-bond acceptors (Lipinski definition) is 5. The van der Waals surface area contributed by atoms with Gasteiger partial charge < -0.3 is 9.15 Å². The maximum Gasteiger partial charge on any atom is 0.233 e. The molecule has 1 aromatic heterocycles. The van der Waals surface area contributed by atoms with E-state index < -0.39 is 0 Å². The quantitative estimate of drug-likeness (QED) is 0.846. The van der Waals surface area contributed by atoms with E-state index in [1.54, 1.807) is 7.11 Å². The first kappa shape index (κ1) is 16.0.